The maximum absolute atomic E-state index is 12.9. The van der Waals surface area contributed by atoms with Gasteiger partial charge in [0.2, 0.25) is 0 Å². The smallest absolute Gasteiger partial charge is 0.407 e. The molecule has 0 bridgehead atoms. The molecule has 13 heteroatoms. The summed E-state index contributed by atoms with van der Waals surface area (Å²) in [7, 11) is 0. The molecule has 4 aromatic rings. The molecule has 0 spiro atoms. The van der Waals surface area contributed by atoms with Gasteiger partial charge in [0.05, 0.1) is 31.5 Å². The van der Waals surface area contributed by atoms with Crippen molar-refractivity contribution in [3.63, 3.8) is 0 Å². The normalized spacial score (nSPS) is 24.2. The zero-order chi connectivity index (χ0) is 39.7. The molecule has 1 aliphatic carbocycles. The van der Waals surface area contributed by atoms with Crippen LogP contribution in [0.25, 0.3) is 11.1 Å². The molecule has 0 saturated carbocycles. The van der Waals surface area contributed by atoms with Crippen molar-refractivity contribution in [1.82, 2.24) is 10.2 Å². The van der Waals surface area contributed by atoms with Gasteiger partial charge in [0.15, 0.2) is 12.6 Å². The number of nitrogens with one attached hydrogen (secondary N) is 1. The van der Waals surface area contributed by atoms with Crippen molar-refractivity contribution in [1.29, 1.82) is 0 Å². The number of fused-ring (bicyclic) bond motifs is 3. The SMILES string of the molecule is O=C(NCCCN(C[C@H](O)[C@@H](O)[C@H]1CCOC(c2ccccc2)O1)C[C@H](O)[C@@H](O)[C@@H]1OC(c2ccccc2)OC[C@H]1O)OCC1c2ccccc2-c2ccccc21. The molecule has 13 nitrogen and oxygen atoms in total. The maximum atomic E-state index is 12.9. The van der Waals surface area contributed by atoms with E-state index in [9.17, 15) is 30.3 Å². The third-order valence-corrected chi connectivity index (χ3v) is 10.9. The Morgan fingerprint density at radius 3 is 1.93 bits per heavy atom. The molecule has 2 saturated heterocycles. The lowest BCUT2D eigenvalue weighted by molar-refractivity contribution is -0.283. The van der Waals surface area contributed by atoms with Gasteiger partial charge in [-0.25, -0.2) is 4.79 Å². The topological polar surface area (TPSA) is 180 Å². The molecular weight excluding hydrogens is 732 g/mol. The quantitative estimate of drug-likeness (QED) is 0.0911. The highest BCUT2D eigenvalue weighted by Gasteiger charge is 2.41. The van der Waals surface area contributed by atoms with Crippen molar-refractivity contribution in [3.05, 3.63) is 131 Å². The van der Waals surface area contributed by atoms with Gasteiger partial charge in [-0.15, -0.1) is 0 Å². The summed E-state index contributed by atoms with van der Waals surface area (Å²) in [4.78, 5) is 14.6. The van der Waals surface area contributed by atoms with E-state index < -0.39 is 61.4 Å². The second-order valence-electron chi connectivity index (χ2n) is 14.8. The third-order valence-electron chi connectivity index (χ3n) is 10.9. The fraction of sp³-hybridized carbons (Fsp3) is 0.432. The van der Waals surface area contributed by atoms with Crippen molar-refractivity contribution in [2.24, 2.45) is 0 Å². The Morgan fingerprint density at radius 1 is 0.737 bits per heavy atom. The predicted molar refractivity (Wildman–Crippen MR) is 209 cm³/mol. The molecule has 0 aromatic heterocycles. The number of carbonyl (C=O) groups is 1. The van der Waals surface area contributed by atoms with Gasteiger partial charge in [-0.05, 0) is 35.1 Å². The van der Waals surface area contributed by atoms with Crippen LogP contribution in [0.3, 0.4) is 0 Å². The highest BCUT2D eigenvalue weighted by molar-refractivity contribution is 5.79. The number of hydrogen-bond acceptors (Lipinski definition) is 12. The summed E-state index contributed by atoms with van der Waals surface area (Å²) in [5.41, 5.74) is 5.98. The van der Waals surface area contributed by atoms with Crippen molar-refractivity contribution in [2.75, 3.05) is 46.0 Å². The van der Waals surface area contributed by atoms with E-state index in [-0.39, 0.29) is 45.3 Å². The Bertz CT molecular complexity index is 1820. The second-order valence-corrected chi connectivity index (χ2v) is 14.8. The highest BCUT2D eigenvalue weighted by atomic mass is 16.7. The van der Waals surface area contributed by atoms with E-state index in [0.29, 0.717) is 25.0 Å². The van der Waals surface area contributed by atoms with Crippen LogP contribution < -0.4 is 5.32 Å². The summed E-state index contributed by atoms with van der Waals surface area (Å²) < 4.78 is 29.1. The van der Waals surface area contributed by atoms with Crippen molar-refractivity contribution in [2.45, 2.75) is 74.1 Å². The lowest BCUT2D eigenvalue weighted by Crippen LogP contribution is -2.55. The lowest BCUT2D eigenvalue weighted by Gasteiger charge is -2.39. The summed E-state index contributed by atoms with van der Waals surface area (Å²) in [6, 6.07) is 34.6. The van der Waals surface area contributed by atoms with Gasteiger partial charge in [-0.1, -0.05) is 109 Å². The van der Waals surface area contributed by atoms with Crippen LogP contribution in [-0.4, -0.2) is 125 Å². The van der Waals surface area contributed by atoms with Crippen LogP contribution >= 0.6 is 0 Å². The lowest BCUT2D eigenvalue weighted by atomic mass is 9.98. The van der Waals surface area contributed by atoms with Gasteiger partial charge in [-0.2, -0.15) is 0 Å². The molecule has 2 fully saturated rings. The molecule has 0 radical (unpaired) electrons. The van der Waals surface area contributed by atoms with E-state index in [0.717, 1.165) is 27.8 Å². The Hall–Kier alpha value is -4.25. The van der Waals surface area contributed by atoms with Gasteiger partial charge in [-0.3, -0.25) is 4.90 Å². The van der Waals surface area contributed by atoms with Gasteiger partial charge in [0.25, 0.3) is 0 Å². The number of rotatable bonds is 16. The molecule has 9 atom stereocenters. The van der Waals surface area contributed by atoms with Gasteiger partial charge in [0, 0.05) is 43.2 Å². The van der Waals surface area contributed by atoms with E-state index in [4.69, 9.17) is 23.7 Å². The van der Waals surface area contributed by atoms with Gasteiger partial charge < -0.3 is 54.5 Å². The van der Waals surface area contributed by atoms with Crippen LogP contribution in [0, 0.1) is 0 Å². The number of amides is 1. The predicted octanol–water partition coefficient (Wildman–Crippen LogP) is 3.64. The van der Waals surface area contributed by atoms with Crippen LogP contribution in [0.1, 0.15) is 53.6 Å². The Kier molecular flexibility index (Phi) is 14.0. The fourth-order valence-electron chi connectivity index (χ4n) is 7.85. The average molecular weight is 785 g/mol. The standard InChI is InChI=1S/C44H52N2O11/c47-35(39(50)38-20-23-53-42(56-38)28-12-3-1-4-13-28)24-46(25-36(48)40(51)41-37(49)27-54-43(57-41)29-14-5-2-6-15-29)22-11-21-45-44(52)55-26-34-32-18-9-7-16-30(32)31-17-8-10-19-33(31)34/h1-10,12-19,34-43,47-51H,11,20-27H2,(H,45,52)/t35-,36-,37+,38+,39+,40+,41+,42?,43?/m0/s1. The first-order valence-corrected chi connectivity index (χ1v) is 19.6. The number of aliphatic hydroxyl groups is 5. The fourth-order valence-corrected chi connectivity index (χ4v) is 7.85. The number of carbonyl (C=O) groups excluding carboxylic acids is 1. The molecule has 2 heterocycles. The second kappa shape index (κ2) is 19.5. The largest absolute Gasteiger partial charge is 0.449 e. The average Bonchev–Trinajstić information content (AvgIpc) is 3.58. The number of ether oxygens (including phenoxy) is 5. The zero-order valence-electron chi connectivity index (χ0n) is 31.7. The first kappa shape index (κ1) is 40.9. The summed E-state index contributed by atoms with van der Waals surface area (Å²) in [5, 5.41) is 58.7. The van der Waals surface area contributed by atoms with Crippen molar-refractivity contribution < 1.29 is 54.0 Å². The minimum Gasteiger partial charge on any atom is -0.449 e. The zero-order valence-corrected chi connectivity index (χ0v) is 31.7. The molecule has 3 aliphatic rings. The van der Waals surface area contributed by atoms with E-state index >= 15 is 0 Å². The van der Waals surface area contributed by atoms with Crippen LogP contribution in [-0.2, 0) is 23.7 Å². The van der Waals surface area contributed by atoms with Crippen molar-refractivity contribution in [3.8, 4) is 11.1 Å². The molecule has 7 rings (SSSR count). The minimum atomic E-state index is -1.52. The van der Waals surface area contributed by atoms with Crippen LogP contribution in [0.5, 0.6) is 0 Å². The highest BCUT2D eigenvalue weighted by Crippen LogP contribution is 2.44. The number of nitrogens with zero attached hydrogens (tertiary/aromatic N) is 1. The van der Waals surface area contributed by atoms with Crippen LogP contribution in [0.4, 0.5) is 4.79 Å². The van der Waals surface area contributed by atoms with Crippen molar-refractivity contribution >= 4 is 6.09 Å². The molecule has 6 N–H and O–H groups in total. The van der Waals surface area contributed by atoms with Crippen LogP contribution in [0.2, 0.25) is 0 Å². The Labute approximate surface area is 332 Å². The van der Waals surface area contributed by atoms with E-state index in [1.165, 1.54) is 0 Å². The number of hydrogen-bond donors (Lipinski definition) is 6. The summed E-state index contributed by atoms with van der Waals surface area (Å²) >= 11 is 0. The van der Waals surface area contributed by atoms with E-state index in [1.54, 1.807) is 17.0 Å². The summed E-state index contributed by atoms with van der Waals surface area (Å²) in [6.07, 6.45) is -10.0. The molecule has 1 amide bonds. The Morgan fingerprint density at radius 2 is 1.30 bits per heavy atom. The molecular formula is C44H52N2O11. The van der Waals surface area contributed by atoms with Crippen LogP contribution in [0.15, 0.2) is 109 Å². The first-order valence-electron chi connectivity index (χ1n) is 19.6. The third kappa shape index (κ3) is 10.1. The maximum Gasteiger partial charge on any atom is 0.407 e. The van der Waals surface area contributed by atoms with E-state index in [1.807, 2.05) is 72.8 Å². The molecule has 4 aromatic carbocycles. The molecule has 2 aliphatic heterocycles. The summed E-state index contributed by atoms with van der Waals surface area (Å²) in [5.74, 6) is -0.0802. The molecule has 57 heavy (non-hydrogen) atoms. The summed E-state index contributed by atoms with van der Waals surface area (Å²) in [6.45, 7) is 0.595. The number of alkyl carbamates (subject to hydrolysis) is 1. The Balaban J connectivity index is 0.957. The number of aliphatic hydroxyl groups excluding tert-OH is 5. The number of benzene rings is 4. The first-order chi connectivity index (χ1) is 27.8. The molecule has 2 unspecified atom stereocenters. The van der Waals surface area contributed by atoms with E-state index in [2.05, 4.69) is 29.6 Å². The minimum absolute atomic E-state index is 0.0802. The van der Waals surface area contributed by atoms with Gasteiger partial charge in [0.1, 0.15) is 31.0 Å². The monoisotopic (exact) mass is 784 g/mol. The van der Waals surface area contributed by atoms with Gasteiger partial charge >= 0.3 is 6.09 Å². The molecule has 304 valence electrons.